The quantitative estimate of drug-likeness (QED) is 0.644. The first-order valence-electron chi connectivity index (χ1n) is 7.23. The Hall–Kier alpha value is -3.04. The molecule has 0 saturated carbocycles. The lowest BCUT2D eigenvalue weighted by Crippen LogP contribution is -1.93. The lowest BCUT2D eigenvalue weighted by Gasteiger charge is -2.05. The summed E-state index contributed by atoms with van der Waals surface area (Å²) in [5, 5.41) is 20.5. The van der Waals surface area contributed by atoms with E-state index < -0.39 is 0 Å². The molecule has 0 unspecified atom stereocenters. The van der Waals surface area contributed by atoms with Crippen molar-refractivity contribution in [2.75, 3.05) is 0 Å². The van der Waals surface area contributed by atoms with Crippen LogP contribution in [0.2, 0.25) is 0 Å². The van der Waals surface area contributed by atoms with Gasteiger partial charge >= 0.3 is 0 Å². The molecule has 0 aliphatic carbocycles. The highest BCUT2D eigenvalue weighted by molar-refractivity contribution is 6.09. The van der Waals surface area contributed by atoms with Gasteiger partial charge in [0.1, 0.15) is 17.7 Å². The van der Waals surface area contributed by atoms with E-state index in [-0.39, 0.29) is 5.57 Å². The van der Waals surface area contributed by atoms with Crippen LogP contribution in [0.4, 0.5) is 0 Å². The Kier molecular flexibility index (Phi) is 3.41. The van der Waals surface area contributed by atoms with Crippen molar-refractivity contribution in [2.45, 2.75) is 20.4 Å². The second kappa shape index (κ2) is 5.39. The van der Waals surface area contributed by atoms with Gasteiger partial charge in [-0.3, -0.25) is 0 Å². The Morgan fingerprint density at radius 2 is 1.68 bits per heavy atom. The van der Waals surface area contributed by atoms with Crippen LogP contribution < -0.4 is 0 Å². The number of rotatable bonds is 2. The lowest BCUT2D eigenvalue weighted by molar-refractivity contribution is 0.827. The minimum atomic E-state index is 0.165. The molecule has 0 bridgehead atoms. The average molecular weight is 285 g/mol. The largest absolute Gasteiger partial charge is 0.341 e. The third-order valence-corrected chi connectivity index (χ3v) is 4.12. The molecule has 1 aromatic heterocycles. The van der Waals surface area contributed by atoms with E-state index in [4.69, 9.17) is 10.5 Å². The molecule has 0 radical (unpaired) electrons. The maximum Gasteiger partial charge on any atom is 0.133 e. The van der Waals surface area contributed by atoms with Crippen molar-refractivity contribution in [3.63, 3.8) is 0 Å². The molecule has 0 amide bonds. The van der Waals surface area contributed by atoms with Crippen molar-refractivity contribution in [2.24, 2.45) is 0 Å². The average Bonchev–Trinajstić information content (AvgIpc) is 2.88. The summed E-state index contributed by atoms with van der Waals surface area (Å²) in [5.41, 5.74) is 4.19. The maximum absolute atomic E-state index is 9.05. The number of nitriles is 2. The molecule has 3 heteroatoms. The number of aryl methyl sites for hydroxylation is 1. The smallest absolute Gasteiger partial charge is 0.133 e. The highest BCUT2D eigenvalue weighted by Gasteiger charge is 2.11. The van der Waals surface area contributed by atoms with Crippen LogP contribution in [0.5, 0.6) is 0 Å². The molecule has 0 aliphatic heterocycles. The molecule has 106 valence electrons. The molecule has 0 spiro atoms. The van der Waals surface area contributed by atoms with Gasteiger partial charge in [0.05, 0.1) is 0 Å². The Bertz CT molecular complexity index is 975. The fraction of sp³-hybridized carbons (Fsp3) is 0.158. The maximum atomic E-state index is 9.05. The van der Waals surface area contributed by atoms with Gasteiger partial charge in [0.15, 0.2) is 0 Å². The van der Waals surface area contributed by atoms with Crippen molar-refractivity contribution < 1.29 is 0 Å². The molecule has 0 fully saturated rings. The standard InChI is InChI=1S/C19H15N3/c1-3-22-18-7-5-4-6-16(18)17-10-14(8-9-19(17)22)13(2)15(11-20)12-21/h4-10H,3H2,1-2H3. The van der Waals surface area contributed by atoms with Gasteiger partial charge in [-0.1, -0.05) is 24.3 Å². The van der Waals surface area contributed by atoms with Gasteiger partial charge in [-0.25, -0.2) is 0 Å². The molecule has 22 heavy (non-hydrogen) atoms. The Labute approximate surface area is 129 Å². The zero-order valence-electron chi connectivity index (χ0n) is 12.6. The summed E-state index contributed by atoms with van der Waals surface area (Å²) in [6, 6.07) is 18.4. The molecule has 0 N–H and O–H groups in total. The summed E-state index contributed by atoms with van der Waals surface area (Å²) in [6.45, 7) is 4.86. The normalized spacial score (nSPS) is 10.4. The molecule has 0 aliphatic rings. The summed E-state index contributed by atoms with van der Waals surface area (Å²) in [6.07, 6.45) is 0. The van der Waals surface area contributed by atoms with Crippen molar-refractivity contribution in [3.05, 3.63) is 53.6 Å². The van der Waals surface area contributed by atoms with Crippen molar-refractivity contribution in [1.82, 2.24) is 4.57 Å². The number of hydrogen-bond donors (Lipinski definition) is 0. The molecule has 2 aromatic carbocycles. The van der Waals surface area contributed by atoms with Crippen LogP contribution in [0.3, 0.4) is 0 Å². The van der Waals surface area contributed by atoms with Crippen LogP contribution in [-0.4, -0.2) is 4.57 Å². The number of aromatic nitrogens is 1. The highest BCUT2D eigenvalue weighted by atomic mass is 15.0. The summed E-state index contributed by atoms with van der Waals surface area (Å²) in [7, 11) is 0. The molecular formula is C19H15N3. The van der Waals surface area contributed by atoms with E-state index in [9.17, 15) is 0 Å². The number of hydrogen-bond acceptors (Lipinski definition) is 2. The lowest BCUT2D eigenvalue weighted by atomic mass is 10.0. The second-order valence-electron chi connectivity index (χ2n) is 5.22. The molecule has 3 nitrogen and oxygen atoms in total. The van der Waals surface area contributed by atoms with Crippen LogP contribution in [-0.2, 0) is 6.54 Å². The summed E-state index contributed by atoms with van der Waals surface area (Å²) < 4.78 is 2.28. The van der Waals surface area contributed by atoms with Gasteiger partial charge < -0.3 is 4.57 Å². The number of fused-ring (bicyclic) bond motifs is 3. The van der Waals surface area contributed by atoms with E-state index in [0.717, 1.165) is 23.1 Å². The van der Waals surface area contributed by atoms with E-state index in [0.29, 0.717) is 0 Å². The highest BCUT2D eigenvalue weighted by Crippen LogP contribution is 2.31. The van der Waals surface area contributed by atoms with E-state index in [2.05, 4.69) is 35.8 Å². The zero-order valence-corrected chi connectivity index (χ0v) is 12.6. The summed E-state index contributed by atoms with van der Waals surface area (Å²) >= 11 is 0. The van der Waals surface area contributed by atoms with E-state index in [1.54, 1.807) is 0 Å². The monoisotopic (exact) mass is 285 g/mol. The van der Waals surface area contributed by atoms with Crippen LogP contribution in [0.15, 0.2) is 48.0 Å². The van der Waals surface area contributed by atoms with Crippen LogP contribution >= 0.6 is 0 Å². The predicted octanol–water partition coefficient (Wildman–Crippen LogP) is 4.64. The molecule has 3 rings (SSSR count). The second-order valence-corrected chi connectivity index (χ2v) is 5.22. The van der Waals surface area contributed by atoms with E-state index >= 15 is 0 Å². The van der Waals surface area contributed by atoms with Crippen LogP contribution in [0.1, 0.15) is 19.4 Å². The zero-order chi connectivity index (χ0) is 15.7. The third-order valence-electron chi connectivity index (χ3n) is 4.12. The summed E-state index contributed by atoms with van der Waals surface area (Å²) in [4.78, 5) is 0. The summed E-state index contributed by atoms with van der Waals surface area (Å²) in [5.74, 6) is 0. The first-order chi connectivity index (χ1) is 10.7. The van der Waals surface area contributed by atoms with Gasteiger partial charge in [-0.2, -0.15) is 10.5 Å². The number of benzene rings is 2. The first-order valence-corrected chi connectivity index (χ1v) is 7.23. The van der Waals surface area contributed by atoms with Gasteiger partial charge in [0.2, 0.25) is 0 Å². The van der Waals surface area contributed by atoms with Crippen molar-refractivity contribution >= 4 is 27.4 Å². The van der Waals surface area contributed by atoms with Gasteiger partial charge in [-0.05, 0) is 43.2 Å². The number of allylic oxidation sites excluding steroid dienone is 2. The van der Waals surface area contributed by atoms with Gasteiger partial charge in [0, 0.05) is 28.4 Å². The molecule has 3 aromatic rings. The first kappa shape index (κ1) is 13.9. The Morgan fingerprint density at radius 1 is 1.00 bits per heavy atom. The number of nitrogens with zero attached hydrogens (tertiary/aromatic N) is 3. The predicted molar refractivity (Wildman–Crippen MR) is 88.9 cm³/mol. The Morgan fingerprint density at radius 3 is 2.36 bits per heavy atom. The SMILES string of the molecule is CCn1c2ccccc2c2cc(C(C)=C(C#N)C#N)ccc21. The molecular weight excluding hydrogens is 270 g/mol. The minimum absolute atomic E-state index is 0.165. The fourth-order valence-corrected chi connectivity index (χ4v) is 2.96. The molecule has 0 atom stereocenters. The van der Waals surface area contributed by atoms with Crippen molar-refractivity contribution in [1.29, 1.82) is 10.5 Å². The fourth-order valence-electron chi connectivity index (χ4n) is 2.96. The van der Waals surface area contributed by atoms with Gasteiger partial charge in [-0.15, -0.1) is 0 Å². The topological polar surface area (TPSA) is 52.5 Å². The molecule has 1 heterocycles. The van der Waals surface area contributed by atoms with Crippen LogP contribution in [0.25, 0.3) is 27.4 Å². The Balaban J connectivity index is 2.37. The third kappa shape index (κ3) is 1.96. The van der Waals surface area contributed by atoms with Crippen LogP contribution in [0, 0.1) is 22.7 Å². The van der Waals surface area contributed by atoms with Crippen molar-refractivity contribution in [3.8, 4) is 12.1 Å². The van der Waals surface area contributed by atoms with E-state index in [1.807, 2.05) is 37.3 Å². The minimum Gasteiger partial charge on any atom is -0.341 e. The van der Waals surface area contributed by atoms with Gasteiger partial charge in [0.25, 0.3) is 0 Å². The van der Waals surface area contributed by atoms with E-state index in [1.165, 1.54) is 16.4 Å². The molecule has 0 saturated heterocycles. The number of para-hydroxylation sites is 1.